The molecule has 15 aromatic rings. The van der Waals surface area contributed by atoms with Gasteiger partial charge in [0.2, 0.25) is 0 Å². The van der Waals surface area contributed by atoms with Crippen LogP contribution in [-0.4, -0.2) is 156 Å². The first kappa shape index (κ1) is 85.7. The number of ether oxygens (including phenoxy) is 2. The number of aromatic carboxylic acids is 5. The number of hydrogen-bond donors (Lipinski definition) is 14. The largest absolute Gasteiger partial charge is 0.506 e. The van der Waals surface area contributed by atoms with Crippen molar-refractivity contribution in [2.45, 2.75) is 92.6 Å². The minimum Gasteiger partial charge on any atom is -0.506 e. The fourth-order valence-electron chi connectivity index (χ4n) is 15.0. The summed E-state index contributed by atoms with van der Waals surface area (Å²) in [6.07, 6.45) is 12.0. The van der Waals surface area contributed by atoms with Gasteiger partial charge in [-0.3, -0.25) is 24.0 Å². The van der Waals surface area contributed by atoms with Crippen molar-refractivity contribution in [3.05, 3.63) is 278 Å². The van der Waals surface area contributed by atoms with E-state index in [1.54, 1.807) is 19.9 Å². The van der Waals surface area contributed by atoms with Gasteiger partial charge in [0.15, 0.2) is 17.4 Å². The topological polar surface area (TPSA) is 475 Å². The first-order chi connectivity index (χ1) is 58.0. The van der Waals surface area contributed by atoms with Crippen LogP contribution < -0.4 is 27.8 Å². The Bertz CT molecular complexity index is 6850. The molecule has 1 aliphatic rings. The number of benzene rings is 5. The van der Waals surface area contributed by atoms with Crippen molar-refractivity contribution in [2.24, 2.45) is 14.1 Å². The molecule has 16 rings (SSSR count). The number of nitrogens with one attached hydrogen (secondary N) is 5. The van der Waals surface area contributed by atoms with Crippen molar-refractivity contribution in [1.82, 2.24) is 47.8 Å². The van der Waals surface area contributed by atoms with Crippen molar-refractivity contribution >= 4 is 84.4 Å². The summed E-state index contributed by atoms with van der Waals surface area (Å²) in [7, 11) is 3.91. The highest BCUT2D eigenvalue weighted by Crippen LogP contribution is 2.36. The summed E-state index contributed by atoms with van der Waals surface area (Å²) in [5.74, 6) is -7.52. The van der Waals surface area contributed by atoms with E-state index in [1.807, 2.05) is 199 Å². The molecular formula is C90H88N10O21. The van der Waals surface area contributed by atoms with Crippen LogP contribution in [0.2, 0.25) is 0 Å². The number of carboxylic acids is 5. The van der Waals surface area contributed by atoms with E-state index in [0.29, 0.717) is 110 Å². The van der Waals surface area contributed by atoms with Crippen LogP contribution >= 0.6 is 0 Å². The number of fused-ring (bicyclic) bond motifs is 5. The van der Waals surface area contributed by atoms with E-state index >= 15 is 0 Å². The number of H-pyrrole nitrogens is 5. The lowest BCUT2D eigenvalue weighted by molar-refractivity contribution is -0.0517. The number of aryl methyl sites for hydroxylation is 5. The summed E-state index contributed by atoms with van der Waals surface area (Å²) in [5.41, 5.74) is 9.71. The number of aromatic hydroxyl groups is 2. The molecule has 14 N–H and O–H groups in total. The van der Waals surface area contributed by atoms with Gasteiger partial charge < -0.3 is 103 Å². The summed E-state index contributed by atoms with van der Waals surface area (Å²) in [5, 5.41) is 89.2. The van der Waals surface area contributed by atoms with Gasteiger partial charge in [0, 0.05) is 124 Å². The van der Waals surface area contributed by atoms with Gasteiger partial charge in [0.1, 0.15) is 28.2 Å². The number of aliphatic hydroxyl groups excluding tert-OH is 2. The van der Waals surface area contributed by atoms with Crippen LogP contribution in [0.25, 0.3) is 111 Å². The van der Waals surface area contributed by atoms with Gasteiger partial charge >= 0.3 is 29.8 Å². The first-order valence-electron chi connectivity index (χ1n) is 38.8. The lowest BCUT2D eigenvalue weighted by Gasteiger charge is -2.12. The maximum atomic E-state index is 12.1. The van der Waals surface area contributed by atoms with Crippen molar-refractivity contribution in [3.8, 4) is 67.8 Å². The van der Waals surface area contributed by atoms with Gasteiger partial charge in [-0.2, -0.15) is 0 Å². The Morgan fingerprint density at radius 1 is 0.355 bits per heavy atom. The second kappa shape index (κ2) is 36.9. The Morgan fingerprint density at radius 2 is 0.636 bits per heavy atom. The number of rotatable bonds is 21. The number of pyridine rings is 5. The molecule has 0 saturated carbocycles. The zero-order valence-electron chi connectivity index (χ0n) is 66.9. The minimum absolute atomic E-state index is 0.0311. The molecule has 1 aliphatic heterocycles. The summed E-state index contributed by atoms with van der Waals surface area (Å²) in [6.45, 7) is 12.3. The maximum absolute atomic E-state index is 12.1. The molecule has 0 bridgehead atoms. The smallest absolute Gasteiger partial charge is 0.345 e. The molecule has 0 amide bonds. The number of hydrogen-bond acceptors (Lipinski definition) is 16. The van der Waals surface area contributed by atoms with E-state index < -0.39 is 80.3 Å². The second-order valence-corrected chi connectivity index (χ2v) is 28.4. The van der Waals surface area contributed by atoms with Gasteiger partial charge in [-0.1, -0.05) is 65.0 Å². The molecule has 0 aliphatic carbocycles. The highest BCUT2D eigenvalue weighted by atomic mass is 16.7. The van der Waals surface area contributed by atoms with Gasteiger partial charge in [0.05, 0.1) is 61.4 Å². The Labute approximate surface area is 687 Å². The fourth-order valence-corrected chi connectivity index (χ4v) is 15.0. The van der Waals surface area contributed by atoms with Crippen molar-refractivity contribution < 1.29 is 79.4 Å². The quantitative estimate of drug-likeness (QED) is 0.0318. The average molecular weight is 1650 g/mol. The number of carbonyl (C=O) groups is 5. The monoisotopic (exact) mass is 1640 g/mol. The fraction of sp³-hybridized carbons (Fsp3) is 0.222. The van der Waals surface area contributed by atoms with Gasteiger partial charge in [-0.15, -0.1) is 0 Å². The van der Waals surface area contributed by atoms with Crippen molar-refractivity contribution in [1.29, 1.82) is 0 Å². The Hall–Kier alpha value is -14.7. The molecule has 624 valence electrons. The molecular weight excluding hydrogens is 1560 g/mol. The number of aromatic amines is 5. The van der Waals surface area contributed by atoms with E-state index in [1.165, 1.54) is 18.2 Å². The zero-order chi connectivity index (χ0) is 86.9. The van der Waals surface area contributed by atoms with E-state index in [0.717, 1.165) is 93.5 Å². The third-order valence-electron chi connectivity index (χ3n) is 21.2. The molecule has 31 heteroatoms. The molecule has 121 heavy (non-hydrogen) atoms. The first-order valence-corrected chi connectivity index (χ1v) is 38.8. The van der Waals surface area contributed by atoms with Crippen molar-refractivity contribution in [2.75, 3.05) is 26.4 Å². The molecule has 5 aromatic carbocycles. The molecule has 0 atom stereocenters. The SMILES string of the molecule is CCc1c(-c2ccc3c(ccn3C)c2)[nH]c(=O)c(C(=O)O)c1O.CCc1c(-c2ccc3c(ccn3CCO)c2)[nH]c(=O)c(C(=O)O)c1O.CCc1cc(C(=O)O)c(=O)[nH]c1-c1ccc2c(ccn2C)c1.CCc1cc(C(=O)O)c(=O)[nH]c1-c1ccc2c(ccn2CC2OCCO2)c1.CCc1cc(C(=O)O)c(=O)[nH]c1-c1ccc2c(ccn2CCO)c1. The van der Waals surface area contributed by atoms with E-state index in [9.17, 15) is 58.2 Å². The number of aromatic nitrogens is 10. The predicted octanol–water partition coefficient (Wildman–Crippen LogP) is 12.1. The standard InChI is InChI=1S/C20H20N2O5.C18H18N2O5.C18H18N2O4.C17H16N2O4.C17H16N2O3/c1-2-12-10-15(20(24)25)19(23)21-18(12)14-3-4-16-13(9-14)5-6-22(16)11-17-26-7-8-27-17;1-2-12-15(19-17(23)14(16(12)22)18(24)25)11-3-4-13-10(9-11)5-6-20(13)7-8-21;1-2-11-10-14(18(23)24)17(22)19-16(11)13-3-4-15-12(9-13)5-6-20(15)7-8-21;1-3-11-14(18-16(21)13(15(11)20)17(22)23)10-4-5-12-9(8-10)6-7-19(12)2;1-3-10-9-13(17(21)22)16(20)18-15(10)12-4-5-14-11(8-12)6-7-19(14)2/h3-6,9-10,17H,2,7-8,11H2,1H3,(H,21,23)(H,24,25);3-6,9,21H,2,7-8H2,1H3,(H,24,25)(H2,19,22,23);3-6,9-10,21H,2,7-8H2,1H3,(H,19,22)(H,23,24);4-8H,3H2,1-2H3,(H,22,23)(H2,18,20,21);4-9H,3H2,1-2H3,(H,18,20)(H,21,22). The van der Waals surface area contributed by atoms with E-state index in [4.69, 9.17) is 45.2 Å². The van der Waals surface area contributed by atoms with Crippen molar-refractivity contribution in [3.63, 3.8) is 0 Å². The van der Waals surface area contributed by atoms with Crippen LogP contribution in [0, 0.1) is 0 Å². The highest BCUT2D eigenvalue weighted by Gasteiger charge is 2.26. The van der Waals surface area contributed by atoms with Crippen LogP contribution in [0.15, 0.2) is 194 Å². The second-order valence-electron chi connectivity index (χ2n) is 28.4. The molecule has 1 saturated heterocycles. The zero-order valence-corrected chi connectivity index (χ0v) is 66.9. The van der Waals surface area contributed by atoms with Crippen LogP contribution in [0.1, 0.15) is 114 Å². The van der Waals surface area contributed by atoms with E-state index in [-0.39, 0.29) is 36.2 Å². The van der Waals surface area contributed by atoms with Gasteiger partial charge in [-0.05, 0) is 186 Å². The molecule has 0 spiro atoms. The Kier molecular flexibility index (Phi) is 26.1. The van der Waals surface area contributed by atoms with E-state index in [2.05, 4.69) is 29.5 Å². The Balaban J connectivity index is 0.000000139. The summed E-state index contributed by atoms with van der Waals surface area (Å²) < 4.78 is 21.0. The summed E-state index contributed by atoms with van der Waals surface area (Å²) in [6, 6.07) is 43.0. The number of aliphatic hydroxyl groups is 2. The summed E-state index contributed by atoms with van der Waals surface area (Å²) >= 11 is 0. The van der Waals surface area contributed by atoms with Crippen LogP contribution in [0.3, 0.4) is 0 Å². The van der Waals surface area contributed by atoms with Crippen LogP contribution in [0.5, 0.6) is 11.5 Å². The summed E-state index contributed by atoms with van der Waals surface area (Å²) in [4.78, 5) is 129. The molecule has 10 aromatic heterocycles. The normalized spacial score (nSPS) is 11.9. The predicted molar refractivity (Wildman–Crippen MR) is 457 cm³/mol. The molecule has 1 fully saturated rings. The average Bonchev–Trinajstić information content (AvgIpc) is 1.74. The van der Waals surface area contributed by atoms with Gasteiger partial charge in [-0.25, -0.2) is 24.0 Å². The third-order valence-corrected chi connectivity index (χ3v) is 21.2. The third kappa shape index (κ3) is 18.0. The van der Waals surface area contributed by atoms with Gasteiger partial charge in [0.25, 0.3) is 27.8 Å². The molecule has 11 heterocycles. The maximum Gasteiger partial charge on any atom is 0.345 e. The minimum atomic E-state index is -1.46. The Morgan fingerprint density at radius 3 is 0.934 bits per heavy atom. The molecule has 0 unspecified atom stereocenters. The van der Waals surface area contributed by atoms with Crippen LogP contribution in [0.4, 0.5) is 0 Å². The number of nitrogens with zero attached hydrogens (tertiary/aromatic N) is 5. The molecule has 31 nitrogen and oxygen atoms in total. The highest BCUT2D eigenvalue weighted by molar-refractivity contribution is 5.96. The lowest BCUT2D eigenvalue weighted by atomic mass is 9.99. The lowest BCUT2D eigenvalue weighted by Crippen LogP contribution is -2.20. The van der Waals surface area contributed by atoms with Crippen LogP contribution in [-0.2, 0) is 75.3 Å². The molecule has 0 radical (unpaired) electrons. The number of carboxylic acid groups (broad SMARTS) is 5.